The first-order valence-electron chi connectivity index (χ1n) is 13.6. The number of piperazine rings is 1. The van der Waals surface area contributed by atoms with Gasteiger partial charge in [-0.3, -0.25) is 9.69 Å². The number of nitrogens with zero attached hydrogens (tertiary/aromatic N) is 3. The molecule has 0 radical (unpaired) electrons. The lowest BCUT2D eigenvalue weighted by atomic mass is 9.89. The number of fused-ring (bicyclic) bond motifs is 4. The number of ether oxygens (including phenoxy) is 1. The fourth-order valence-corrected chi connectivity index (χ4v) is 6.05. The van der Waals surface area contributed by atoms with Crippen LogP contribution < -0.4 is 15.3 Å². The van der Waals surface area contributed by atoms with Gasteiger partial charge in [0.25, 0.3) is 5.91 Å². The lowest BCUT2D eigenvalue weighted by Gasteiger charge is -2.32. The number of rotatable bonds is 5. The van der Waals surface area contributed by atoms with Crippen LogP contribution >= 0.6 is 0 Å². The van der Waals surface area contributed by atoms with Crippen LogP contribution in [0.3, 0.4) is 0 Å². The van der Waals surface area contributed by atoms with Gasteiger partial charge in [-0.05, 0) is 74.9 Å². The smallest absolute Gasteiger partial charge is 0.339 e. The third-order valence-corrected chi connectivity index (χ3v) is 8.18. The molecule has 194 valence electrons. The molecule has 6 rings (SSSR count). The van der Waals surface area contributed by atoms with E-state index < -0.39 is 0 Å². The second-order valence-electron chi connectivity index (χ2n) is 10.6. The highest BCUT2D eigenvalue weighted by molar-refractivity contribution is 6.15. The van der Waals surface area contributed by atoms with Crippen molar-refractivity contribution in [1.29, 1.82) is 0 Å². The molecule has 3 aliphatic rings. The Hall–Kier alpha value is -3.16. The predicted octanol–water partition coefficient (Wildman–Crippen LogP) is 3.89. The molecular formula is C30H35N3O4. The van der Waals surface area contributed by atoms with E-state index in [0.29, 0.717) is 30.0 Å². The second kappa shape index (κ2) is 10.3. The van der Waals surface area contributed by atoms with Crippen LogP contribution in [0.15, 0.2) is 45.6 Å². The highest BCUT2D eigenvalue weighted by Gasteiger charge is 2.30. The van der Waals surface area contributed by atoms with E-state index in [0.717, 1.165) is 93.4 Å². The summed E-state index contributed by atoms with van der Waals surface area (Å²) in [5, 5.41) is 0.870. The van der Waals surface area contributed by atoms with E-state index in [1.165, 1.54) is 5.56 Å². The molecule has 3 heterocycles. The van der Waals surface area contributed by atoms with Crippen molar-refractivity contribution in [3.63, 3.8) is 0 Å². The maximum atomic E-state index is 14.2. The van der Waals surface area contributed by atoms with E-state index in [4.69, 9.17) is 9.15 Å². The van der Waals surface area contributed by atoms with Gasteiger partial charge in [-0.2, -0.15) is 0 Å². The molecule has 0 atom stereocenters. The highest BCUT2D eigenvalue weighted by atomic mass is 16.5. The Morgan fingerprint density at radius 1 is 0.919 bits per heavy atom. The first-order chi connectivity index (χ1) is 18.1. The van der Waals surface area contributed by atoms with Crippen molar-refractivity contribution in [3.05, 3.63) is 69.1 Å². The summed E-state index contributed by atoms with van der Waals surface area (Å²) in [7, 11) is 2.14. The van der Waals surface area contributed by atoms with Gasteiger partial charge in [0.05, 0.1) is 0 Å². The van der Waals surface area contributed by atoms with Crippen molar-refractivity contribution in [1.82, 2.24) is 9.80 Å². The first-order valence-corrected chi connectivity index (χ1v) is 13.6. The van der Waals surface area contributed by atoms with Crippen LogP contribution in [-0.4, -0.2) is 68.6 Å². The van der Waals surface area contributed by atoms with Crippen molar-refractivity contribution >= 4 is 22.6 Å². The summed E-state index contributed by atoms with van der Waals surface area (Å²) in [6.07, 6.45) is 5.45. The molecule has 0 N–H and O–H groups in total. The quantitative estimate of drug-likeness (QED) is 0.494. The van der Waals surface area contributed by atoms with Crippen LogP contribution in [0.25, 0.3) is 11.0 Å². The number of carbonyl (C=O) groups is 1. The van der Waals surface area contributed by atoms with Crippen LogP contribution in [-0.2, 0) is 19.3 Å². The van der Waals surface area contributed by atoms with E-state index in [1.807, 2.05) is 35.2 Å². The first kappa shape index (κ1) is 24.2. The molecule has 0 spiro atoms. The summed E-state index contributed by atoms with van der Waals surface area (Å²) in [6, 6.07) is 12.0. The number of amides is 1. The van der Waals surface area contributed by atoms with Crippen LogP contribution in [0.5, 0.6) is 5.75 Å². The summed E-state index contributed by atoms with van der Waals surface area (Å²) in [5.41, 5.74) is 4.33. The number of likely N-dealkylation sites (N-methyl/N-ethyl adjacent to an activating group) is 1. The van der Waals surface area contributed by atoms with E-state index >= 15 is 0 Å². The summed E-state index contributed by atoms with van der Waals surface area (Å²) in [5.74, 6) is 0.333. The number of aryl methyl sites for hydroxylation is 2. The van der Waals surface area contributed by atoms with Crippen LogP contribution in [0.4, 0.5) is 5.69 Å². The Labute approximate surface area is 217 Å². The topological polar surface area (TPSA) is 66.2 Å². The molecule has 0 bridgehead atoms. The summed E-state index contributed by atoms with van der Waals surface area (Å²) >= 11 is 0. The highest BCUT2D eigenvalue weighted by Crippen LogP contribution is 2.36. The normalized spacial score (nSPS) is 18.5. The minimum Gasteiger partial charge on any atom is -0.491 e. The summed E-state index contributed by atoms with van der Waals surface area (Å²) in [6.45, 7) is 6.00. The number of benzene rings is 2. The SMILES string of the molecule is CN1CCN(CCOc2ccc3c4c(c(=O)oc3c2C(=O)N2CCCc3ccccc32)CCCC4)CC1. The molecule has 37 heavy (non-hydrogen) atoms. The Balaban J connectivity index is 1.39. The van der Waals surface area contributed by atoms with Crippen molar-refractivity contribution in [3.8, 4) is 5.75 Å². The molecule has 1 aromatic heterocycles. The van der Waals surface area contributed by atoms with Gasteiger partial charge >= 0.3 is 5.63 Å². The zero-order chi connectivity index (χ0) is 25.4. The summed E-state index contributed by atoms with van der Waals surface area (Å²) in [4.78, 5) is 33.8. The van der Waals surface area contributed by atoms with Gasteiger partial charge in [0.2, 0.25) is 0 Å². The molecule has 7 heteroatoms. The van der Waals surface area contributed by atoms with E-state index in [9.17, 15) is 9.59 Å². The van der Waals surface area contributed by atoms with Crippen LogP contribution in [0, 0.1) is 0 Å². The second-order valence-corrected chi connectivity index (χ2v) is 10.6. The minimum absolute atomic E-state index is 0.161. The molecule has 0 saturated carbocycles. The Morgan fingerprint density at radius 2 is 1.70 bits per heavy atom. The fourth-order valence-electron chi connectivity index (χ4n) is 6.05. The predicted molar refractivity (Wildman–Crippen MR) is 145 cm³/mol. The van der Waals surface area contributed by atoms with Gasteiger partial charge in [0.1, 0.15) is 17.9 Å². The monoisotopic (exact) mass is 501 g/mol. The lowest BCUT2D eigenvalue weighted by molar-refractivity contribution is 0.0979. The molecule has 1 saturated heterocycles. The van der Waals surface area contributed by atoms with Gasteiger partial charge < -0.3 is 19.0 Å². The lowest BCUT2D eigenvalue weighted by Crippen LogP contribution is -2.45. The average molecular weight is 502 g/mol. The molecular weight excluding hydrogens is 466 g/mol. The Bertz CT molecular complexity index is 1370. The van der Waals surface area contributed by atoms with Gasteiger partial charge in [0, 0.05) is 55.9 Å². The maximum absolute atomic E-state index is 14.2. The Kier molecular flexibility index (Phi) is 6.74. The van der Waals surface area contributed by atoms with Crippen LogP contribution in [0.1, 0.15) is 46.3 Å². The number of anilines is 1. The Morgan fingerprint density at radius 3 is 2.54 bits per heavy atom. The number of para-hydroxylation sites is 1. The van der Waals surface area contributed by atoms with Gasteiger partial charge in [-0.1, -0.05) is 18.2 Å². The maximum Gasteiger partial charge on any atom is 0.339 e. The largest absolute Gasteiger partial charge is 0.491 e. The van der Waals surface area contributed by atoms with Gasteiger partial charge in [-0.25, -0.2) is 4.79 Å². The van der Waals surface area contributed by atoms with E-state index in [1.54, 1.807) is 0 Å². The third kappa shape index (κ3) is 4.66. The number of carbonyl (C=O) groups excluding carboxylic acids is 1. The van der Waals surface area contributed by atoms with E-state index in [-0.39, 0.29) is 11.5 Å². The average Bonchev–Trinajstić information content (AvgIpc) is 2.93. The molecule has 1 fully saturated rings. The molecule has 7 nitrogen and oxygen atoms in total. The summed E-state index contributed by atoms with van der Waals surface area (Å²) < 4.78 is 12.2. The standard InChI is InChI=1S/C30H35N3O4/c1-31-15-17-32(18-16-31)19-20-36-26-13-12-23-22-9-3-4-10-24(22)30(35)37-28(23)27(26)29(34)33-14-6-8-21-7-2-5-11-25(21)33/h2,5,7,11-13H,3-4,6,8-10,14-20H2,1H3. The molecule has 1 amide bonds. The molecule has 2 aliphatic heterocycles. The third-order valence-electron chi connectivity index (χ3n) is 8.18. The fraction of sp³-hybridized carbons (Fsp3) is 0.467. The zero-order valence-electron chi connectivity index (χ0n) is 21.6. The van der Waals surface area contributed by atoms with Crippen molar-refractivity contribution in [2.75, 3.05) is 57.8 Å². The van der Waals surface area contributed by atoms with Crippen LogP contribution in [0.2, 0.25) is 0 Å². The molecule has 3 aromatic rings. The van der Waals surface area contributed by atoms with Crippen molar-refractivity contribution in [2.45, 2.75) is 38.5 Å². The number of hydrogen-bond acceptors (Lipinski definition) is 6. The molecule has 0 unspecified atom stereocenters. The number of hydrogen-bond donors (Lipinski definition) is 0. The van der Waals surface area contributed by atoms with Gasteiger partial charge in [-0.15, -0.1) is 0 Å². The van der Waals surface area contributed by atoms with Crippen molar-refractivity contribution in [2.24, 2.45) is 0 Å². The minimum atomic E-state index is -0.315. The van der Waals surface area contributed by atoms with Gasteiger partial charge in [0.15, 0.2) is 5.58 Å². The van der Waals surface area contributed by atoms with Crippen molar-refractivity contribution < 1.29 is 13.9 Å². The van der Waals surface area contributed by atoms with E-state index in [2.05, 4.69) is 22.9 Å². The zero-order valence-corrected chi connectivity index (χ0v) is 21.6. The molecule has 2 aromatic carbocycles. The molecule has 1 aliphatic carbocycles.